The molecule has 0 unspecified atom stereocenters. The van der Waals surface area contributed by atoms with Gasteiger partial charge in [0.25, 0.3) is 0 Å². The van der Waals surface area contributed by atoms with Crippen LogP contribution in [0.5, 0.6) is 0 Å². The second-order valence-electron chi connectivity index (χ2n) is 4.78. The first-order valence-electron chi connectivity index (χ1n) is 6.34. The average molecular weight is 269 g/mol. The van der Waals surface area contributed by atoms with Crippen molar-refractivity contribution in [1.29, 1.82) is 0 Å². The molecular weight excluding hydrogens is 252 g/mol. The van der Waals surface area contributed by atoms with E-state index >= 15 is 0 Å². The minimum Gasteiger partial charge on any atom is -0.334 e. The molecule has 2 amide bonds. The lowest BCUT2D eigenvalue weighted by Gasteiger charge is -2.29. The number of amides is 2. The average Bonchev–Trinajstić information content (AvgIpc) is 2.36. The molecule has 1 aromatic rings. The first kappa shape index (κ1) is 13.7. The zero-order valence-corrected chi connectivity index (χ0v) is 10.5. The smallest absolute Gasteiger partial charge is 0.319 e. The van der Waals surface area contributed by atoms with Crippen molar-refractivity contribution >= 4 is 11.7 Å². The van der Waals surface area contributed by atoms with E-state index in [0.717, 1.165) is 37.8 Å². The van der Waals surface area contributed by atoms with Gasteiger partial charge in [-0.05, 0) is 25.0 Å². The van der Waals surface area contributed by atoms with Crippen molar-refractivity contribution in [3.8, 4) is 0 Å². The molecule has 1 fully saturated rings. The molecule has 2 atom stereocenters. The second kappa shape index (κ2) is 5.97. The highest BCUT2D eigenvalue weighted by Crippen LogP contribution is 2.18. The summed E-state index contributed by atoms with van der Waals surface area (Å²) in [5.41, 5.74) is 5.85. The van der Waals surface area contributed by atoms with Crippen LogP contribution in [0, 0.1) is 11.6 Å². The number of anilines is 1. The third-order valence-corrected chi connectivity index (χ3v) is 3.32. The Balaban J connectivity index is 1.93. The molecule has 1 aliphatic rings. The Labute approximate surface area is 110 Å². The molecule has 0 bridgehead atoms. The summed E-state index contributed by atoms with van der Waals surface area (Å²) in [6.07, 6.45) is 3.77. The van der Waals surface area contributed by atoms with Gasteiger partial charge in [0, 0.05) is 18.2 Å². The topological polar surface area (TPSA) is 67.1 Å². The Morgan fingerprint density at radius 3 is 2.68 bits per heavy atom. The third kappa shape index (κ3) is 3.64. The highest BCUT2D eigenvalue weighted by atomic mass is 19.1. The monoisotopic (exact) mass is 269 g/mol. The highest BCUT2D eigenvalue weighted by Gasteiger charge is 2.23. The van der Waals surface area contributed by atoms with E-state index < -0.39 is 17.7 Å². The Morgan fingerprint density at radius 1 is 1.26 bits per heavy atom. The summed E-state index contributed by atoms with van der Waals surface area (Å²) >= 11 is 0. The number of rotatable bonds is 2. The van der Waals surface area contributed by atoms with Crippen LogP contribution in [0.15, 0.2) is 18.2 Å². The van der Waals surface area contributed by atoms with E-state index in [0.29, 0.717) is 0 Å². The number of benzene rings is 1. The van der Waals surface area contributed by atoms with Crippen LogP contribution in [0.3, 0.4) is 0 Å². The molecule has 6 heteroatoms. The third-order valence-electron chi connectivity index (χ3n) is 3.32. The van der Waals surface area contributed by atoms with Gasteiger partial charge in [-0.1, -0.05) is 12.8 Å². The SMILES string of the molecule is N[C@@H]1CCCC[C@H]1NC(=O)Nc1ccc(F)cc1F. The summed E-state index contributed by atoms with van der Waals surface area (Å²) in [5.74, 6) is -1.49. The Kier molecular flexibility index (Phi) is 4.31. The summed E-state index contributed by atoms with van der Waals surface area (Å²) in [6.45, 7) is 0. The number of nitrogens with one attached hydrogen (secondary N) is 2. The van der Waals surface area contributed by atoms with Gasteiger partial charge in [-0.15, -0.1) is 0 Å². The number of carbonyl (C=O) groups excluding carboxylic acids is 1. The van der Waals surface area contributed by atoms with Crippen LogP contribution in [-0.2, 0) is 0 Å². The van der Waals surface area contributed by atoms with E-state index in [1.54, 1.807) is 0 Å². The van der Waals surface area contributed by atoms with Crippen molar-refractivity contribution in [1.82, 2.24) is 5.32 Å². The minimum atomic E-state index is -0.803. The van der Waals surface area contributed by atoms with Crippen molar-refractivity contribution < 1.29 is 13.6 Å². The van der Waals surface area contributed by atoms with Crippen LogP contribution >= 0.6 is 0 Å². The van der Waals surface area contributed by atoms with Gasteiger partial charge in [-0.25, -0.2) is 13.6 Å². The van der Waals surface area contributed by atoms with Gasteiger partial charge in [0.2, 0.25) is 0 Å². The van der Waals surface area contributed by atoms with E-state index in [9.17, 15) is 13.6 Å². The first-order chi connectivity index (χ1) is 9.06. The van der Waals surface area contributed by atoms with Crippen molar-refractivity contribution in [2.24, 2.45) is 5.73 Å². The van der Waals surface area contributed by atoms with Crippen molar-refractivity contribution in [2.75, 3.05) is 5.32 Å². The fourth-order valence-electron chi connectivity index (χ4n) is 2.26. The van der Waals surface area contributed by atoms with E-state index in [-0.39, 0.29) is 17.8 Å². The number of hydrogen-bond acceptors (Lipinski definition) is 2. The Hall–Kier alpha value is -1.69. The largest absolute Gasteiger partial charge is 0.334 e. The van der Waals surface area contributed by atoms with Gasteiger partial charge in [0.15, 0.2) is 0 Å². The predicted molar refractivity (Wildman–Crippen MR) is 68.7 cm³/mol. The zero-order chi connectivity index (χ0) is 13.8. The number of halogens is 2. The fraction of sp³-hybridized carbons (Fsp3) is 0.462. The standard InChI is InChI=1S/C13H17F2N3O/c14-8-5-6-11(9(15)7-8)17-13(19)18-12-4-2-1-3-10(12)16/h5-7,10,12H,1-4,16H2,(H2,17,18,19)/t10-,12-/m1/s1. The number of nitrogens with two attached hydrogens (primary N) is 1. The maximum absolute atomic E-state index is 13.4. The van der Waals surface area contributed by atoms with Crippen LogP contribution in [0.25, 0.3) is 0 Å². The molecule has 1 aromatic carbocycles. The molecule has 0 spiro atoms. The summed E-state index contributed by atoms with van der Waals surface area (Å²) in [4.78, 5) is 11.7. The molecule has 0 aromatic heterocycles. The lowest BCUT2D eigenvalue weighted by Crippen LogP contribution is -2.50. The van der Waals surface area contributed by atoms with Gasteiger partial charge < -0.3 is 16.4 Å². The Bertz CT molecular complexity index is 467. The summed E-state index contributed by atoms with van der Waals surface area (Å²) in [5, 5.41) is 5.08. The summed E-state index contributed by atoms with van der Waals surface area (Å²) in [6, 6.07) is 2.31. The van der Waals surface area contributed by atoms with Crippen LogP contribution in [0.4, 0.5) is 19.3 Å². The molecule has 4 N–H and O–H groups in total. The summed E-state index contributed by atoms with van der Waals surface area (Å²) < 4.78 is 26.1. The molecule has 0 saturated heterocycles. The number of carbonyl (C=O) groups is 1. The highest BCUT2D eigenvalue weighted by molar-refractivity contribution is 5.89. The molecule has 1 aliphatic carbocycles. The molecule has 0 aliphatic heterocycles. The first-order valence-corrected chi connectivity index (χ1v) is 6.34. The van der Waals surface area contributed by atoms with E-state index in [1.807, 2.05) is 0 Å². The lowest BCUT2D eigenvalue weighted by atomic mass is 9.91. The Morgan fingerprint density at radius 2 is 2.00 bits per heavy atom. The molecular formula is C13H17F2N3O. The van der Waals surface area contributed by atoms with Gasteiger partial charge in [0.05, 0.1) is 5.69 Å². The molecule has 0 heterocycles. The molecule has 19 heavy (non-hydrogen) atoms. The van der Waals surface area contributed by atoms with Gasteiger partial charge >= 0.3 is 6.03 Å². The maximum atomic E-state index is 13.4. The van der Waals surface area contributed by atoms with Crippen molar-refractivity contribution in [2.45, 2.75) is 37.8 Å². The van der Waals surface area contributed by atoms with Gasteiger partial charge in [-0.3, -0.25) is 0 Å². The molecule has 2 rings (SSSR count). The molecule has 104 valence electrons. The van der Waals surface area contributed by atoms with Gasteiger partial charge in [-0.2, -0.15) is 0 Å². The minimum absolute atomic E-state index is 0.0525. The molecule has 4 nitrogen and oxygen atoms in total. The van der Waals surface area contributed by atoms with Crippen LogP contribution in [-0.4, -0.2) is 18.1 Å². The molecule has 0 radical (unpaired) electrons. The van der Waals surface area contributed by atoms with Gasteiger partial charge in [0.1, 0.15) is 11.6 Å². The normalized spacial score (nSPS) is 22.9. The van der Waals surface area contributed by atoms with E-state index in [1.165, 1.54) is 6.07 Å². The lowest BCUT2D eigenvalue weighted by molar-refractivity contribution is 0.240. The maximum Gasteiger partial charge on any atom is 0.319 e. The second-order valence-corrected chi connectivity index (χ2v) is 4.78. The number of urea groups is 1. The van der Waals surface area contributed by atoms with Crippen molar-refractivity contribution in [3.05, 3.63) is 29.8 Å². The van der Waals surface area contributed by atoms with Crippen molar-refractivity contribution in [3.63, 3.8) is 0 Å². The van der Waals surface area contributed by atoms with Crippen LogP contribution in [0.1, 0.15) is 25.7 Å². The number of hydrogen-bond donors (Lipinski definition) is 3. The quantitative estimate of drug-likeness (QED) is 0.771. The van der Waals surface area contributed by atoms with Crippen LogP contribution < -0.4 is 16.4 Å². The van der Waals surface area contributed by atoms with E-state index in [2.05, 4.69) is 10.6 Å². The summed E-state index contributed by atoms with van der Waals surface area (Å²) in [7, 11) is 0. The fourth-order valence-corrected chi connectivity index (χ4v) is 2.26. The van der Waals surface area contributed by atoms with Crippen LogP contribution in [0.2, 0.25) is 0 Å². The van der Waals surface area contributed by atoms with E-state index in [4.69, 9.17) is 5.73 Å². The zero-order valence-electron chi connectivity index (χ0n) is 10.5. The predicted octanol–water partition coefficient (Wildman–Crippen LogP) is 2.36. The molecule has 1 saturated carbocycles.